The maximum Gasteiger partial charge on any atom is 0.297 e. The molecule has 0 radical (unpaired) electrons. The van der Waals surface area contributed by atoms with Gasteiger partial charge in [0, 0.05) is 4.92 Å². The van der Waals surface area contributed by atoms with Crippen LogP contribution in [0, 0.1) is 21.4 Å². The van der Waals surface area contributed by atoms with Crippen LogP contribution in [0.4, 0.5) is 0 Å². The van der Waals surface area contributed by atoms with Crippen LogP contribution >= 0.6 is 0 Å². The van der Waals surface area contributed by atoms with Gasteiger partial charge in [0.25, 0.3) is 12.5 Å². The van der Waals surface area contributed by atoms with Gasteiger partial charge in [-0.25, -0.2) is 4.98 Å². The number of hydrogen-bond acceptors (Lipinski definition) is 5. The summed E-state index contributed by atoms with van der Waals surface area (Å²) >= 11 is 0. The molecular weight excluding hydrogens is 150 g/mol. The average molecular weight is 153 g/mol. The molecule has 0 fully saturated rings. The molecule has 0 aliphatic heterocycles. The molecule has 7 nitrogen and oxygen atoms in total. The summed E-state index contributed by atoms with van der Waals surface area (Å²) in [6.07, 6.45) is 1.14. The maximum atomic E-state index is 9.90. The zero-order valence-electron chi connectivity index (χ0n) is 5.34. The lowest BCUT2D eigenvalue weighted by atomic mass is 10.7. The van der Waals surface area contributed by atoms with Gasteiger partial charge in [-0.15, -0.1) is 5.10 Å². The number of nitro groups is 1. The van der Waals surface area contributed by atoms with Crippen molar-refractivity contribution < 1.29 is 4.92 Å². The SMILES string of the molecule is N#Cc1ncn(C[N+](=O)[O-])n1. The smallest absolute Gasteiger partial charge is 0.263 e. The molecule has 0 saturated carbocycles. The molecule has 7 heteroatoms. The third-order valence-corrected chi connectivity index (χ3v) is 0.897. The van der Waals surface area contributed by atoms with Gasteiger partial charge in [-0.3, -0.25) is 10.1 Å². The van der Waals surface area contributed by atoms with E-state index in [1.807, 2.05) is 0 Å². The normalized spacial score (nSPS) is 9.00. The van der Waals surface area contributed by atoms with Crippen molar-refractivity contribution in [3.8, 4) is 6.07 Å². The van der Waals surface area contributed by atoms with Crippen LogP contribution < -0.4 is 0 Å². The van der Waals surface area contributed by atoms with E-state index in [0.29, 0.717) is 0 Å². The van der Waals surface area contributed by atoms with Crippen LogP contribution in [-0.2, 0) is 6.67 Å². The van der Waals surface area contributed by atoms with Crippen LogP contribution in [0.3, 0.4) is 0 Å². The Morgan fingerprint density at radius 2 is 2.64 bits per heavy atom. The van der Waals surface area contributed by atoms with Gasteiger partial charge in [0.15, 0.2) is 0 Å². The highest BCUT2D eigenvalue weighted by Gasteiger charge is 2.02. The zero-order valence-corrected chi connectivity index (χ0v) is 5.34. The first-order valence-electron chi connectivity index (χ1n) is 2.63. The molecule has 0 atom stereocenters. The molecule has 0 aromatic carbocycles. The summed E-state index contributed by atoms with van der Waals surface area (Å²) in [6.45, 7) is -0.464. The van der Waals surface area contributed by atoms with Crippen LogP contribution in [0.2, 0.25) is 0 Å². The second-order valence-electron chi connectivity index (χ2n) is 1.69. The minimum Gasteiger partial charge on any atom is -0.263 e. The Hall–Kier alpha value is -1.97. The van der Waals surface area contributed by atoms with Crippen LogP contribution in [0.15, 0.2) is 6.33 Å². The van der Waals surface area contributed by atoms with Crippen LogP contribution in [0.5, 0.6) is 0 Å². The van der Waals surface area contributed by atoms with Crippen LogP contribution in [-0.4, -0.2) is 19.7 Å². The molecule has 56 valence electrons. The van der Waals surface area contributed by atoms with Gasteiger partial charge in [0.05, 0.1) is 0 Å². The van der Waals surface area contributed by atoms with Crippen molar-refractivity contribution in [3.05, 3.63) is 22.3 Å². The number of nitrogens with zero attached hydrogens (tertiary/aromatic N) is 5. The average Bonchev–Trinajstić information content (AvgIpc) is 2.34. The van der Waals surface area contributed by atoms with E-state index in [0.717, 1.165) is 11.0 Å². The zero-order chi connectivity index (χ0) is 8.27. The van der Waals surface area contributed by atoms with Crippen molar-refractivity contribution in [2.75, 3.05) is 0 Å². The fourth-order valence-corrected chi connectivity index (χ4v) is 0.532. The largest absolute Gasteiger partial charge is 0.297 e. The minimum absolute atomic E-state index is 0.0631. The highest BCUT2D eigenvalue weighted by atomic mass is 16.6. The quantitative estimate of drug-likeness (QED) is 0.416. The van der Waals surface area contributed by atoms with E-state index < -0.39 is 11.6 Å². The lowest BCUT2D eigenvalue weighted by Crippen LogP contribution is -2.07. The number of nitriles is 1. The lowest BCUT2D eigenvalue weighted by molar-refractivity contribution is -0.515. The predicted molar refractivity (Wildman–Crippen MR) is 31.7 cm³/mol. The number of aromatic nitrogens is 3. The van der Waals surface area contributed by atoms with E-state index in [4.69, 9.17) is 5.26 Å². The molecule has 1 aromatic heterocycles. The van der Waals surface area contributed by atoms with E-state index >= 15 is 0 Å². The Morgan fingerprint density at radius 3 is 3.09 bits per heavy atom. The molecule has 1 heterocycles. The van der Waals surface area contributed by atoms with Crippen molar-refractivity contribution in [1.82, 2.24) is 14.8 Å². The Bertz CT molecular complexity index is 311. The number of hydrogen-bond donors (Lipinski definition) is 0. The second kappa shape index (κ2) is 2.74. The molecule has 0 saturated heterocycles. The highest BCUT2D eigenvalue weighted by Crippen LogP contribution is 1.86. The Kier molecular flexibility index (Phi) is 1.78. The topological polar surface area (TPSA) is 97.6 Å². The van der Waals surface area contributed by atoms with E-state index in [1.165, 1.54) is 0 Å². The first-order valence-corrected chi connectivity index (χ1v) is 2.63. The standard InChI is InChI=1S/C4H3N5O2/c5-1-4-6-2-8(7-4)3-9(10)11/h2H,3H2. The van der Waals surface area contributed by atoms with Crippen molar-refractivity contribution in [2.45, 2.75) is 6.67 Å². The lowest BCUT2D eigenvalue weighted by Gasteiger charge is -1.88. The molecule has 1 aromatic rings. The van der Waals surface area contributed by atoms with Gasteiger partial charge >= 0.3 is 0 Å². The number of rotatable bonds is 2. The summed E-state index contributed by atoms with van der Waals surface area (Å²) in [5.74, 6) is -0.0631. The molecule has 11 heavy (non-hydrogen) atoms. The van der Waals surface area contributed by atoms with E-state index in [-0.39, 0.29) is 5.82 Å². The predicted octanol–water partition coefficient (Wildman–Crippen LogP) is -0.616. The van der Waals surface area contributed by atoms with Gasteiger partial charge in [-0.05, 0) is 0 Å². The van der Waals surface area contributed by atoms with E-state index in [9.17, 15) is 10.1 Å². The molecule has 0 unspecified atom stereocenters. The summed E-state index contributed by atoms with van der Waals surface area (Å²) in [5, 5.41) is 21.6. The highest BCUT2D eigenvalue weighted by molar-refractivity contribution is 5.05. The monoisotopic (exact) mass is 153 g/mol. The Balaban J connectivity index is 2.75. The molecule has 0 N–H and O–H groups in total. The third-order valence-electron chi connectivity index (χ3n) is 0.897. The van der Waals surface area contributed by atoms with Crippen molar-refractivity contribution in [3.63, 3.8) is 0 Å². The van der Waals surface area contributed by atoms with Gasteiger partial charge in [-0.2, -0.15) is 9.94 Å². The summed E-state index contributed by atoms with van der Waals surface area (Å²) < 4.78 is 0.985. The second-order valence-corrected chi connectivity index (χ2v) is 1.69. The van der Waals surface area contributed by atoms with Gasteiger partial charge in [0.1, 0.15) is 12.4 Å². The fraction of sp³-hybridized carbons (Fsp3) is 0.250. The molecule has 0 amide bonds. The fourth-order valence-electron chi connectivity index (χ4n) is 0.532. The molecule has 0 aliphatic carbocycles. The first kappa shape index (κ1) is 7.14. The van der Waals surface area contributed by atoms with Gasteiger partial charge in [-0.1, -0.05) is 0 Å². The van der Waals surface area contributed by atoms with E-state index in [2.05, 4.69) is 10.1 Å². The van der Waals surface area contributed by atoms with E-state index in [1.54, 1.807) is 6.07 Å². The molecular formula is C4H3N5O2. The molecule has 0 spiro atoms. The summed E-state index contributed by atoms with van der Waals surface area (Å²) in [6, 6.07) is 1.65. The van der Waals surface area contributed by atoms with Crippen LogP contribution in [0.1, 0.15) is 5.82 Å². The summed E-state index contributed by atoms with van der Waals surface area (Å²) in [7, 11) is 0. The minimum atomic E-state index is -0.560. The molecule has 0 aliphatic rings. The van der Waals surface area contributed by atoms with Crippen molar-refractivity contribution >= 4 is 0 Å². The Labute approximate surface area is 61.0 Å². The first-order chi connectivity index (χ1) is 5.22. The van der Waals surface area contributed by atoms with Gasteiger partial charge < -0.3 is 0 Å². The van der Waals surface area contributed by atoms with Crippen molar-refractivity contribution in [2.24, 2.45) is 0 Å². The molecule has 0 bridgehead atoms. The maximum absolute atomic E-state index is 9.90. The third kappa shape index (κ3) is 1.72. The summed E-state index contributed by atoms with van der Waals surface area (Å²) in [5.41, 5.74) is 0. The summed E-state index contributed by atoms with van der Waals surface area (Å²) in [4.78, 5) is 12.8. The van der Waals surface area contributed by atoms with Crippen LogP contribution in [0.25, 0.3) is 0 Å². The van der Waals surface area contributed by atoms with Crippen molar-refractivity contribution in [1.29, 1.82) is 5.26 Å². The molecule has 1 rings (SSSR count). The Morgan fingerprint density at radius 1 is 1.91 bits per heavy atom. The van der Waals surface area contributed by atoms with Gasteiger partial charge in [0.2, 0.25) is 0 Å².